The highest BCUT2D eigenvalue weighted by atomic mass is 16.4. The van der Waals surface area contributed by atoms with Crippen LogP contribution >= 0.6 is 0 Å². The molecule has 3 N–H and O–H groups in total. The lowest BCUT2D eigenvalue weighted by Gasteiger charge is -2.17. The van der Waals surface area contributed by atoms with Gasteiger partial charge >= 0.3 is 5.97 Å². The van der Waals surface area contributed by atoms with Gasteiger partial charge in [-0.3, -0.25) is 4.79 Å². The number of aromatic carboxylic acids is 1. The Balaban J connectivity index is 2.66. The smallest absolute Gasteiger partial charge is 0.335 e. The van der Waals surface area contributed by atoms with Crippen LogP contribution in [0.25, 0.3) is 0 Å². The topological polar surface area (TPSA) is 78.4 Å². The molecule has 0 radical (unpaired) electrons. The van der Waals surface area contributed by atoms with E-state index in [4.69, 9.17) is 5.11 Å². The second-order valence-electron chi connectivity index (χ2n) is 5.34. The van der Waals surface area contributed by atoms with Crippen LogP contribution in [0.5, 0.6) is 0 Å². The normalized spacial score (nSPS) is 12.1. The summed E-state index contributed by atoms with van der Waals surface area (Å²) in [6.45, 7) is 8.22. The molecule has 110 valence electrons. The predicted molar refractivity (Wildman–Crippen MR) is 79.1 cm³/mol. The average Bonchev–Trinajstić information content (AvgIpc) is 2.35. The van der Waals surface area contributed by atoms with Crippen molar-refractivity contribution in [2.45, 2.75) is 33.7 Å². The van der Waals surface area contributed by atoms with Crippen LogP contribution in [-0.4, -0.2) is 29.6 Å². The Labute approximate surface area is 119 Å². The Morgan fingerprint density at radius 3 is 2.40 bits per heavy atom. The van der Waals surface area contributed by atoms with E-state index in [-0.39, 0.29) is 17.5 Å². The number of carboxylic acid groups (broad SMARTS) is 1. The highest BCUT2D eigenvalue weighted by molar-refractivity contribution is 5.90. The first kappa shape index (κ1) is 16.0. The lowest BCUT2D eigenvalue weighted by atomic mass is 10.1. The van der Waals surface area contributed by atoms with E-state index in [1.54, 1.807) is 32.0 Å². The standard InChI is InChI=1S/C15H22N2O3/c1-9(2)8-16-14(18)11(4)17-12-5-6-13(15(19)20)10(3)7-12/h5-7,9,11,17H,8H2,1-4H3,(H,16,18)(H,19,20). The van der Waals surface area contributed by atoms with Crippen LogP contribution in [0.3, 0.4) is 0 Å². The zero-order chi connectivity index (χ0) is 15.3. The van der Waals surface area contributed by atoms with E-state index in [0.29, 0.717) is 18.0 Å². The summed E-state index contributed by atoms with van der Waals surface area (Å²) in [7, 11) is 0. The molecule has 0 heterocycles. The first-order chi connectivity index (χ1) is 9.31. The minimum atomic E-state index is -0.947. The third kappa shape index (κ3) is 4.57. The molecule has 1 atom stereocenters. The number of aryl methyl sites for hydroxylation is 1. The van der Waals surface area contributed by atoms with Crippen LogP contribution in [0, 0.1) is 12.8 Å². The number of carbonyl (C=O) groups excluding carboxylic acids is 1. The lowest BCUT2D eigenvalue weighted by Crippen LogP contribution is -2.39. The minimum absolute atomic E-state index is 0.0707. The molecule has 1 amide bonds. The Bertz CT molecular complexity index is 498. The molecule has 1 unspecified atom stereocenters. The van der Waals surface area contributed by atoms with Gasteiger partial charge < -0.3 is 15.7 Å². The number of hydrogen-bond donors (Lipinski definition) is 3. The number of carboxylic acids is 1. The van der Waals surface area contributed by atoms with Crippen molar-refractivity contribution in [1.29, 1.82) is 0 Å². The predicted octanol–water partition coefficient (Wildman–Crippen LogP) is 2.27. The molecule has 5 nitrogen and oxygen atoms in total. The molecule has 0 bridgehead atoms. The maximum absolute atomic E-state index is 11.8. The number of hydrogen-bond acceptors (Lipinski definition) is 3. The average molecular weight is 278 g/mol. The van der Waals surface area contributed by atoms with E-state index in [1.807, 2.05) is 13.8 Å². The number of carbonyl (C=O) groups is 2. The summed E-state index contributed by atoms with van der Waals surface area (Å²) in [5.74, 6) is -0.612. The molecule has 1 aromatic carbocycles. The Hall–Kier alpha value is -2.04. The van der Waals surface area contributed by atoms with Crippen LogP contribution in [0.1, 0.15) is 36.7 Å². The summed E-state index contributed by atoms with van der Waals surface area (Å²) in [6, 6.07) is 4.57. The maximum Gasteiger partial charge on any atom is 0.335 e. The largest absolute Gasteiger partial charge is 0.478 e. The fourth-order valence-corrected chi connectivity index (χ4v) is 1.77. The molecule has 1 rings (SSSR count). The van der Waals surface area contributed by atoms with E-state index in [2.05, 4.69) is 10.6 Å². The Morgan fingerprint density at radius 2 is 1.90 bits per heavy atom. The monoisotopic (exact) mass is 278 g/mol. The van der Waals surface area contributed by atoms with Gasteiger partial charge in [0.15, 0.2) is 0 Å². The molecule has 0 spiro atoms. The van der Waals surface area contributed by atoms with Crippen molar-refractivity contribution in [2.24, 2.45) is 5.92 Å². The molecule has 1 aromatic rings. The SMILES string of the molecule is Cc1cc(NC(C)C(=O)NCC(C)C)ccc1C(=O)O. The van der Waals surface area contributed by atoms with Gasteiger partial charge in [-0.15, -0.1) is 0 Å². The van der Waals surface area contributed by atoms with E-state index in [1.165, 1.54) is 0 Å². The first-order valence-corrected chi connectivity index (χ1v) is 6.69. The van der Waals surface area contributed by atoms with Gasteiger partial charge in [0.1, 0.15) is 6.04 Å². The van der Waals surface area contributed by atoms with Crippen molar-refractivity contribution < 1.29 is 14.7 Å². The Kier molecular flexibility index (Phi) is 5.55. The van der Waals surface area contributed by atoms with Crippen molar-refractivity contribution in [3.63, 3.8) is 0 Å². The van der Waals surface area contributed by atoms with Crippen LogP contribution in [0.2, 0.25) is 0 Å². The molecule has 0 aliphatic heterocycles. The molecule has 0 saturated heterocycles. The van der Waals surface area contributed by atoms with E-state index in [9.17, 15) is 9.59 Å². The summed E-state index contributed by atoms with van der Waals surface area (Å²) in [6.07, 6.45) is 0. The van der Waals surface area contributed by atoms with Gasteiger partial charge in [0.25, 0.3) is 0 Å². The molecule has 20 heavy (non-hydrogen) atoms. The third-order valence-corrected chi connectivity index (χ3v) is 2.92. The quantitative estimate of drug-likeness (QED) is 0.746. The van der Waals surface area contributed by atoms with Gasteiger partial charge in [0.2, 0.25) is 5.91 Å². The molecule has 0 aromatic heterocycles. The van der Waals surface area contributed by atoms with Gasteiger partial charge in [-0.1, -0.05) is 13.8 Å². The molecule has 0 fully saturated rings. The van der Waals surface area contributed by atoms with E-state index in [0.717, 1.165) is 5.69 Å². The zero-order valence-electron chi connectivity index (χ0n) is 12.4. The van der Waals surface area contributed by atoms with Crippen molar-refractivity contribution in [2.75, 3.05) is 11.9 Å². The van der Waals surface area contributed by atoms with Crippen LogP contribution in [0.15, 0.2) is 18.2 Å². The van der Waals surface area contributed by atoms with Crippen molar-refractivity contribution in [1.82, 2.24) is 5.32 Å². The summed E-state index contributed by atoms with van der Waals surface area (Å²) in [4.78, 5) is 22.8. The van der Waals surface area contributed by atoms with Gasteiger partial charge in [-0.25, -0.2) is 4.79 Å². The lowest BCUT2D eigenvalue weighted by molar-refractivity contribution is -0.121. The fraction of sp³-hybridized carbons (Fsp3) is 0.467. The van der Waals surface area contributed by atoms with Crippen LogP contribution in [-0.2, 0) is 4.79 Å². The molecule has 5 heteroatoms. The summed E-state index contributed by atoms with van der Waals surface area (Å²) in [5.41, 5.74) is 1.67. The number of amides is 1. The third-order valence-electron chi connectivity index (χ3n) is 2.92. The number of benzene rings is 1. The number of anilines is 1. The fourth-order valence-electron chi connectivity index (χ4n) is 1.77. The van der Waals surface area contributed by atoms with Gasteiger partial charge in [-0.05, 0) is 43.5 Å². The zero-order valence-corrected chi connectivity index (χ0v) is 12.4. The maximum atomic E-state index is 11.8. The molecule has 0 saturated carbocycles. The van der Waals surface area contributed by atoms with Crippen LogP contribution < -0.4 is 10.6 Å². The van der Waals surface area contributed by atoms with E-state index < -0.39 is 5.97 Å². The Morgan fingerprint density at radius 1 is 1.25 bits per heavy atom. The first-order valence-electron chi connectivity index (χ1n) is 6.69. The van der Waals surface area contributed by atoms with Gasteiger partial charge in [-0.2, -0.15) is 0 Å². The highest BCUT2D eigenvalue weighted by Gasteiger charge is 2.13. The van der Waals surface area contributed by atoms with Crippen LogP contribution in [0.4, 0.5) is 5.69 Å². The minimum Gasteiger partial charge on any atom is -0.478 e. The molecular weight excluding hydrogens is 256 g/mol. The highest BCUT2D eigenvalue weighted by Crippen LogP contribution is 2.16. The molecule has 0 aliphatic carbocycles. The molecule has 0 aliphatic rings. The second kappa shape index (κ2) is 6.93. The van der Waals surface area contributed by atoms with Crippen molar-refractivity contribution in [3.05, 3.63) is 29.3 Å². The summed E-state index contributed by atoms with van der Waals surface area (Å²) in [5, 5.41) is 14.9. The summed E-state index contributed by atoms with van der Waals surface area (Å²) >= 11 is 0. The summed E-state index contributed by atoms with van der Waals surface area (Å²) < 4.78 is 0. The molecular formula is C15H22N2O3. The number of rotatable bonds is 6. The van der Waals surface area contributed by atoms with Gasteiger partial charge in [0.05, 0.1) is 5.56 Å². The van der Waals surface area contributed by atoms with Gasteiger partial charge in [0, 0.05) is 12.2 Å². The van der Waals surface area contributed by atoms with E-state index >= 15 is 0 Å². The number of nitrogens with one attached hydrogen (secondary N) is 2. The van der Waals surface area contributed by atoms with Crippen molar-refractivity contribution >= 4 is 17.6 Å². The van der Waals surface area contributed by atoms with Crippen molar-refractivity contribution in [3.8, 4) is 0 Å². The second-order valence-corrected chi connectivity index (χ2v) is 5.34.